The van der Waals surface area contributed by atoms with Crippen LogP contribution < -0.4 is 10.1 Å². The van der Waals surface area contributed by atoms with Gasteiger partial charge in [0, 0.05) is 24.7 Å². The summed E-state index contributed by atoms with van der Waals surface area (Å²) in [6, 6.07) is 11.4. The Morgan fingerprint density at radius 2 is 2.00 bits per heavy atom. The zero-order valence-electron chi connectivity index (χ0n) is 17.3. The largest absolute Gasteiger partial charge is 0.483 e. The van der Waals surface area contributed by atoms with Crippen molar-refractivity contribution in [2.24, 2.45) is 0 Å². The van der Waals surface area contributed by atoms with Crippen molar-refractivity contribution in [1.29, 1.82) is 0 Å². The Hall–Kier alpha value is -3.35. The van der Waals surface area contributed by atoms with E-state index in [0.29, 0.717) is 18.7 Å². The summed E-state index contributed by atoms with van der Waals surface area (Å²) in [7, 11) is 0. The lowest BCUT2D eigenvalue weighted by molar-refractivity contribution is -0.124. The van der Waals surface area contributed by atoms with E-state index < -0.39 is 0 Å². The molecule has 0 saturated carbocycles. The second-order valence-corrected chi connectivity index (χ2v) is 7.76. The molecule has 1 fully saturated rings. The minimum absolute atomic E-state index is 0.00631. The zero-order chi connectivity index (χ0) is 21.1. The summed E-state index contributed by atoms with van der Waals surface area (Å²) in [5, 5.41) is 3.03. The van der Waals surface area contributed by atoms with Gasteiger partial charge in [-0.15, -0.1) is 0 Å². The molecule has 0 aliphatic carbocycles. The van der Waals surface area contributed by atoms with Gasteiger partial charge in [-0.05, 0) is 62.1 Å². The second-order valence-electron chi connectivity index (χ2n) is 7.76. The maximum Gasteiger partial charge on any atom is 0.258 e. The average Bonchev–Trinajstić information content (AvgIpc) is 3.23. The SMILES string of the molecule is Cc1cccc(OCC(=O)NC2CCN(C(=O)c3ccc4nc[nH]c4c3)CC2)c1C. The third-order valence-electron chi connectivity index (χ3n) is 5.73. The van der Waals surface area contributed by atoms with Gasteiger partial charge in [0.2, 0.25) is 0 Å². The van der Waals surface area contributed by atoms with Gasteiger partial charge in [-0.3, -0.25) is 9.59 Å². The highest BCUT2D eigenvalue weighted by molar-refractivity contribution is 5.97. The van der Waals surface area contributed by atoms with Crippen LogP contribution in [0.4, 0.5) is 0 Å². The van der Waals surface area contributed by atoms with E-state index in [1.807, 2.05) is 55.1 Å². The molecule has 156 valence electrons. The number of benzene rings is 2. The van der Waals surface area contributed by atoms with Gasteiger partial charge >= 0.3 is 0 Å². The predicted octanol–water partition coefficient (Wildman–Crippen LogP) is 2.98. The lowest BCUT2D eigenvalue weighted by Crippen LogP contribution is -2.47. The molecule has 3 aromatic rings. The topological polar surface area (TPSA) is 87.3 Å². The molecule has 30 heavy (non-hydrogen) atoms. The van der Waals surface area contributed by atoms with Gasteiger partial charge in [-0.2, -0.15) is 0 Å². The Bertz CT molecular complexity index is 1070. The summed E-state index contributed by atoms with van der Waals surface area (Å²) in [4.78, 5) is 34.1. The van der Waals surface area contributed by atoms with E-state index in [9.17, 15) is 9.59 Å². The lowest BCUT2D eigenvalue weighted by Gasteiger charge is -2.32. The molecule has 0 atom stereocenters. The second kappa shape index (κ2) is 8.57. The first-order valence-corrected chi connectivity index (χ1v) is 10.2. The number of fused-ring (bicyclic) bond motifs is 1. The normalized spacial score (nSPS) is 14.7. The average molecular weight is 406 g/mol. The minimum atomic E-state index is -0.134. The maximum atomic E-state index is 12.8. The van der Waals surface area contributed by atoms with Gasteiger partial charge in [-0.1, -0.05) is 12.1 Å². The molecule has 2 aromatic carbocycles. The molecule has 1 aliphatic rings. The van der Waals surface area contributed by atoms with E-state index in [1.54, 1.807) is 6.33 Å². The number of rotatable bonds is 5. The highest BCUT2D eigenvalue weighted by Crippen LogP contribution is 2.21. The molecule has 1 aromatic heterocycles. The van der Waals surface area contributed by atoms with E-state index in [1.165, 1.54) is 0 Å². The van der Waals surface area contributed by atoms with Crippen LogP contribution in [0.1, 0.15) is 34.3 Å². The number of hydrogen-bond donors (Lipinski definition) is 2. The van der Waals surface area contributed by atoms with E-state index >= 15 is 0 Å². The number of carbonyl (C=O) groups is 2. The fourth-order valence-electron chi connectivity index (χ4n) is 3.77. The number of amides is 2. The number of piperidine rings is 1. The fraction of sp³-hybridized carbons (Fsp3) is 0.348. The number of aryl methyl sites for hydroxylation is 1. The van der Waals surface area contributed by atoms with Gasteiger partial charge in [-0.25, -0.2) is 4.98 Å². The Morgan fingerprint density at radius 1 is 1.20 bits per heavy atom. The lowest BCUT2D eigenvalue weighted by atomic mass is 10.0. The van der Waals surface area contributed by atoms with Gasteiger partial charge in [0.05, 0.1) is 17.4 Å². The molecular weight excluding hydrogens is 380 g/mol. The number of hydrogen-bond acceptors (Lipinski definition) is 4. The van der Waals surface area contributed by atoms with Gasteiger partial charge < -0.3 is 19.9 Å². The van der Waals surface area contributed by atoms with Crippen molar-refractivity contribution in [3.8, 4) is 5.75 Å². The monoisotopic (exact) mass is 406 g/mol. The smallest absolute Gasteiger partial charge is 0.258 e. The molecule has 7 nitrogen and oxygen atoms in total. The number of ether oxygens (including phenoxy) is 1. The van der Waals surface area contributed by atoms with Gasteiger partial charge in [0.15, 0.2) is 6.61 Å². The molecule has 2 amide bonds. The van der Waals surface area contributed by atoms with Crippen molar-refractivity contribution in [3.63, 3.8) is 0 Å². The number of nitrogens with zero attached hydrogens (tertiary/aromatic N) is 2. The van der Waals surface area contributed by atoms with Crippen LogP contribution in [0, 0.1) is 13.8 Å². The van der Waals surface area contributed by atoms with E-state index in [-0.39, 0.29) is 24.5 Å². The van der Waals surface area contributed by atoms with Crippen molar-refractivity contribution in [2.45, 2.75) is 32.7 Å². The van der Waals surface area contributed by atoms with Crippen molar-refractivity contribution in [2.75, 3.05) is 19.7 Å². The maximum absolute atomic E-state index is 12.8. The number of aromatic nitrogens is 2. The van der Waals surface area contributed by atoms with Crippen molar-refractivity contribution in [1.82, 2.24) is 20.2 Å². The fourth-order valence-corrected chi connectivity index (χ4v) is 3.77. The molecule has 1 aliphatic heterocycles. The van der Waals surface area contributed by atoms with Crippen molar-refractivity contribution in [3.05, 3.63) is 59.4 Å². The van der Waals surface area contributed by atoms with Gasteiger partial charge in [0.1, 0.15) is 5.75 Å². The highest BCUT2D eigenvalue weighted by Gasteiger charge is 2.25. The van der Waals surface area contributed by atoms with Crippen LogP contribution in [0.5, 0.6) is 5.75 Å². The first-order valence-electron chi connectivity index (χ1n) is 10.2. The van der Waals surface area contributed by atoms with E-state index in [0.717, 1.165) is 40.8 Å². The molecule has 2 N–H and O–H groups in total. The van der Waals surface area contributed by atoms with Crippen molar-refractivity contribution < 1.29 is 14.3 Å². The van der Waals surface area contributed by atoms with Crippen LogP contribution in [-0.4, -0.2) is 52.4 Å². The van der Waals surface area contributed by atoms with Crippen LogP contribution in [0.2, 0.25) is 0 Å². The third-order valence-corrected chi connectivity index (χ3v) is 5.73. The van der Waals surface area contributed by atoms with Crippen LogP contribution in [-0.2, 0) is 4.79 Å². The Morgan fingerprint density at radius 3 is 2.80 bits per heavy atom. The number of likely N-dealkylation sites (tertiary alicyclic amines) is 1. The molecule has 1 saturated heterocycles. The summed E-state index contributed by atoms with van der Waals surface area (Å²) in [5.74, 6) is 0.611. The molecule has 0 spiro atoms. The quantitative estimate of drug-likeness (QED) is 0.682. The Balaban J connectivity index is 1.26. The highest BCUT2D eigenvalue weighted by atomic mass is 16.5. The molecule has 0 bridgehead atoms. The zero-order valence-corrected chi connectivity index (χ0v) is 17.3. The molecule has 2 heterocycles. The van der Waals surface area contributed by atoms with Crippen LogP contribution >= 0.6 is 0 Å². The summed E-state index contributed by atoms with van der Waals surface area (Å²) >= 11 is 0. The van der Waals surface area contributed by atoms with Gasteiger partial charge in [0.25, 0.3) is 11.8 Å². The van der Waals surface area contributed by atoms with Crippen LogP contribution in [0.15, 0.2) is 42.7 Å². The molecule has 0 radical (unpaired) electrons. The Labute approximate surface area is 175 Å². The molecule has 7 heteroatoms. The molecule has 4 rings (SSSR count). The first kappa shape index (κ1) is 19.9. The number of carbonyl (C=O) groups excluding carboxylic acids is 2. The van der Waals surface area contributed by atoms with E-state index in [2.05, 4.69) is 15.3 Å². The summed E-state index contributed by atoms with van der Waals surface area (Å²) in [6.07, 6.45) is 3.08. The molecule has 0 unspecified atom stereocenters. The van der Waals surface area contributed by atoms with E-state index in [4.69, 9.17) is 4.74 Å². The number of imidazole rings is 1. The summed E-state index contributed by atoms with van der Waals surface area (Å²) < 4.78 is 5.68. The summed E-state index contributed by atoms with van der Waals surface area (Å²) in [5.41, 5.74) is 4.53. The number of aromatic amines is 1. The van der Waals surface area contributed by atoms with Crippen LogP contribution in [0.3, 0.4) is 0 Å². The number of nitrogens with one attached hydrogen (secondary N) is 2. The number of H-pyrrole nitrogens is 1. The third kappa shape index (κ3) is 4.30. The summed E-state index contributed by atoms with van der Waals surface area (Å²) in [6.45, 7) is 5.22. The standard InChI is InChI=1S/C23H26N4O3/c1-15-4-3-5-21(16(15)2)30-13-22(28)26-18-8-10-27(11-9-18)23(29)17-6-7-19-20(12-17)25-14-24-19/h3-7,12,14,18H,8-11,13H2,1-2H3,(H,24,25)(H,26,28). The Kier molecular flexibility index (Phi) is 5.70. The predicted molar refractivity (Wildman–Crippen MR) is 115 cm³/mol. The first-order chi connectivity index (χ1) is 14.5. The minimum Gasteiger partial charge on any atom is -0.483 e. The molecular formula is C23H26N4O3. The van der Waals surface area contributed by atoms with Crippen molar-refractivity contribution >= 4 is 22.8 Å². The van der Waals surface area contributed by atoms with Crippen LogP contribution in [0.25, 0.3) is 11.0 Å².